The van der Waals surface area contributed by atoms with Crippen LogP contribution in [0.1, 0.15) is 46.4 Å². The van der Waals surface area contributed by atoms with Crippen molar-refractivity contribution in [2.45, 2.75) is 37.6 Å². The van der Waals surface area contributed by atoms with Gasteiger partial charge in [-0.05, 0) is 40.9 Å². The van der Waals surface area contributed by atoms with Gasteiger partial charge in [0, 0.05) is 66.3 Å². The molecule has 0 unspecified atom stereocenters. The van der Waals surface area contributed by atoms with Gasteiger partial charge in [0.15, 0.2) is 0 Å². The number of carbonyl (C=O) groups is 2. The number of amides is 2. The smallest absolute Gasteiger partial charge is 0.294 e. The van der Waals surface area contributed by atoms with Gasteiger partial charge in [0.2, 0.25) is 0 Å². The third-order valence-corrected chi connectivity index (χ3v) is 7.36. The molecule has 198 valence electrons. The molecule has 1 atom stereocenters. The summed E-state index contributed by atoms with van der Waals surface area (Å²) in [5, 5.41) is 15.0. The van der Waals surface area contributed by atoms with E-state index in [1.807, 2.05) is 0 Å². The Labute approximate surface area is 226 Å². The first-order valence-electron chi connectivity index (χ1n) is 11.5. The molecule has 0 radical (unpaired) electrons. The number of hydrogen-bond acceptors (Lipinski definition) is 6. The lowest BCUT2D eigenvalue weighted by atomic mass is 10.0. The Morgan fingerprint density at radius 2 is 1.70 bits per heavy atom. The quantitative estimate of drug-likeness (QED) is 0.366. The molecule has 2 amide bonds. The molecule has 0 aliphatic carbocycles. The lowest BCUT2D eigenvalue weighted by Crippen LogP contribution is -2.47. The van der Waals surface area contributed by atoms with E-state index in [-0.39, 0.29) is 42.1 Å². The number of nitrogens with one attached hydrogen (secondary N) is 2. The number of halogens is 4. The summed E-state index contributed by atoms with van der Waals surface area (Å²) in [7, 11) is 0. The van der Waals surface area contributed by atoms with E-state index < -0.39 is 47.1 Å². The maximum absolute atomic E-state index is 13.6. The minimum Gasteiger partial charge on any atom is -0.374 e. The van der Waals surface area contributed by atoms with Crippen LogP contribution in [0.2, 0.25) is 0 Å². The summed E-state index contributed by atoms with van der Waals surface area (Å²) >= 11 is 6.44. The molecule has 10 nitrogen and oxygen atoms in total. The van der Waals surface area contributed by atoms with Gasteiger partial charge in [-0.1, -0.05) is 15.9 Å². The Kier molecular flexibility index (Phi) is 7.97. The molecular formula is C23H23Br2F2N5O5. The second kappa shape index (κ2) is 10.9. The predicted molar refractivity (Wildman–Crippen MR) is 138 cm³/mol. The van der Waals surface area contributed by atoms with E-state index in [9.17, 15) is 33.3 Å². The molecule has 14 heteroatoms. The Hall–Kier alpha value is -2.87. The second-order valence-corrected chi connectivity index (χ2v) is 10.9. The van der Waals surface area contributed by atoms with Gasteiger partial charge in [-0.3, -0.25) is 24.5 Å². The number of aromatic nitrogens is 1. The van der Waals surface area contributed by atoms with Crippen LogP contribution in [0.5, 0.6) is 0 Å². The zero-order chi connectivity index (χ0) is 26.9. The number of aromatic amines is 1. The fraction of sp³-hybridized carbons (Fsp3) is 0.435. The molecule has 0 spiro atoms. The summed E-state index contributed by atoms with van der Waals surface area (Å²) in [4.78, 5) is 55.1. The molecule has 37 heavy (non-hydrogen) atoms. The summed E-state index contributed by atoms with van der Waals surface area (Å²) in [5.41, 5.74) is -0.977. The van der Waals surface area contributed by atoms with Gasteiger partial charge in [-0.2, -0.15) is 0 Å². The summed E-state index contributed by atoms with van der Waals surface area (Å²) < 4.78 is 28.1. The van der Waals surface area contributed by atoms with E-state index in [4.69, 9.17) is 0 Å². The third-order valence-electron chi connectivity index (χ3n) is 6.45. The average Bonchev–Trinajstić information content (AvgIpc) is 2.85. The van der Waals surface area contributed by atoms with Crippen molar-refractivity contribution in [2.75, 3.05) is 31.5 Å². The molecular weight excluding hydrogens is 624 g/mol. The molecule has 1 aromatic carbocycles. The molecule has 2 fully saturated rings. The lowest BCUT2D eigenvalue weighted by Gasteiger charge is -2.35. The van der Waals surface area contributed by atoms with Crippen molar-refractivity contribution in [3.63, 3.8) is 0 Å². The highest BCUT2D eigenvalue weighted by molar-refractivity contribution is 9.10. The molecule has 0 saturated carbocycles. The standard InChI is InChI=1S/C23H23Br2F2N5O5/c24-13-8-16(21(34)30-6-3-23(26,27)4-7-30)19(18(10-13)32(36)37)29-15-2-1-5-31(12-15)22(35)17-9-14(25)11-28-20(17)33/h8-11,15,29H,1-7,12H2,(H,28,33)/t15-/m1/s1. The van der Waals surface area contributed by atoms with Crippen molar-refractivity contribution in [1.82, 2.24) is 14.8 Å². The number of benzene rings is 1. The number of H-pyrrole nitrogens is 1. The number of piperidine rings is 2. The largest absolute Gasteiger partial charge is 0.374 e. The van der Waals surface area contributed by atoms with E-state index >= 15 is 0 Å². The van der Waals surface area contributed by atoms with Crippen LogP contribution in [0.15, 0.2) is 38.1 Å². The predicted octanol–water partition coefficient (Wildman–Crippen LogP) is 4.40. The van der Waals surface area contributed by atoms with Gasteiger partial charge in [0.1, 0.15) is 11.3 Å². The highest BCUT2D eigenvalue weighted by atomic mass is 79.9. The number of anilines is 1. The first-order chi connectivity index (χ1) is 17.4. The average molecular weight is 647 g/mol. The number of alkyl halides is 2. The summed E-state index contributed by atoms with van der Waals surface area (Å²) in [6.07, 6.45) is 1.58. The van der Waals surface area contributed by atoms with Crippen LogP contribution in [0.25, 0.3) is 0 Å². The molecule has 2 aromatic rings. The highest BCUT2D eigenvalue weighted by Gasteiger charge is 2.37. The second-order valence-electron chi connectivity index (χ2n) is 9.05. The van der Waals surface area contributed by atoms with E-state index in [0.717, 1.165) is 0 Å². The Morgan fingerprint density at radius 1 is 1.05 bits per heavy atom. The minimum atomic E-state index is -2.85. The molecule has 2 aliphatic rings. The van der Waals surface area contributed by atoms with Crippen LogP contribution in [0, 0.1) is 10.1 Å². The molecule has 2 aliphatic heterocycles. The Balaban J connectivity index is 1.60. The first kappa shape index (κ1) is 27.2. The van der Waals surface area contributed by atoms with Crippen LogP contribution < -0.4 is 10.9 Å². The van der Waals surface area contributed by atoms with E-state index in [2.05, 4.69) is 42.2 Å². The van der Waals surface area contributed by atoms with Gasteiger partial charge >= 0.3 is 0 Å². The van der Waals surface area contributed by atoms with Crippen LogP contribution >= 0.6 is 31.9 Å². The number of pyridine rings is 1. The van der Waals surface area contributed by atoms with Gasteiger partial charge in [0.25, 0.3) is 29.0 Å². The first-order valence-corrected chi connectivity index (χ1v) is 13.1. The number of hydrogen-bond donors (Lipinski definition) is 2. The maximum atomic E-state index is 13.6. The van der Waals surface area contributed by atoms with Crippen molar-refractivity contribution < 1.29 is 23.3 Å². The summed E-state index contributed by atoms with van der Waals surface area (Å²) in [6.45, 7) is 0.192. The van der Waals surface area contributed by atoms with Crippen LogP contribution in [-0.2, 0) is 0 Å². The minimum absolute atomic E-state index is 0.0156. The van der Waals surface area contributed by atoms with E-state index in [0.29, 0.717) is 28.3 Å². The van der Waals surface area contributed by atoms with E-state index in [1.54, 1.807) is 0 Å². The SMILES string of the molecule is O=C(c1cc(Br)cc([N+](=O)[O-])c1N[C@@H]1CCCN(C(=O)c2cc(Br)c[nH]c2=O)C1)N1CCC(F)(F)CC1. The Bertz CT molecular complexity index is 1290. The van der Waals surface area contributed by atoms with Gasteiger partial charge in [0.05, 0.1) is 10.5 Å². The van der Waals surface area contributed by atoms with Crippen molar-refractivity contribution >= 4 is 55.0 Å². The zero-order valence-electron chi connectivity index (χ0n) is 19.4. The van der Waals surface area contributed by atoms with Crippen molar-refractivity contribution in [3.8, 4) is 0 Å². The molecule has 4 rings (SSSR count). The maximum Gasteiger partial charge on any atom is 0.294 e. The number of carbonyl (C=O) groups excluding carboxylic acids is 2. The number of nitro benzene ring substituents is 1. The lowest BCUT2D eigenvalue weighted by molar-refractivity contribution is -0.384. The third kappa shape index (κ3) is 6.17. The molecule has 0 bridgehead atoms. The van der Waals surface area contributed by atoms with Crippen LogP contribution in [0.3, 0.4) is 0 Å². The zero-order valence-corrected chi connectivity index (χ0v) is 22.6. The number of likely N-dealkylation sites (tertiary alicyclic amines) is 2. The van der Waals surface area contributed by atoms with Gasteiger partial charge in [-0.15, -0.1) is 0 Å². The number of rotatable bonds is 5. The topological polar surface area (TPSA) is 129 Å². The van der Waals surface area contributed by atoms with Crippen LogP contribution in [-0.4, -0.2) is 69.7 Å². The summed E-state index contributed by atoms with van der Waals surface area (Å²) in [5.74, 6) is -3.92. The van der Waals surface area contributed by atoms with Crippen molar-refractivity contribution in [1.29, 1.82) is 0 Å². The van der Waals surface area contributed by atoms with Gasteiger partial charge in [-0.25, -0.2) is 8.78 Å². The number of nitrogens with zero attached hydrogens (tertiary/aromatic N) is 3. The highest BCUT2D eigenvalue weighted by Crippen LogP contribution is 2.36. The Morgan fingerprint density at radius 3 is 2.38 bits per heavy atom. The van der Waals surface area contributed by atoms with Crippen molar-refractivity contribution in [2.24, 2.45) is 0 Å². The summed E-state index contributed by atoms with van der Waals surface area (Å²) in [6, 6.07) is 3.66. The molecule has 1 aromatic heterocycles. The van der Waals surface area contributed by atoms with Crippen LogP contribution in [0.4, 0.5) is 20.2 Å². The molecule has 2 saturated heterocycles. The monoisotopic (exact) mass is 645 g/mol. The van der Waals surface area contributed by atoms with E-state index in [1.165, 1.54) is 34.2 Å². The van der Waals surface area contributed by atoms with Gasteiger partial charge < -0.3 is 20.1 Å². The molecule has 3 heterocycles. The normalized spacial score (nSPS) is 19.4. The molecule has 2 N–H and O–H groups in total. The number of nitro groups is 1. The fourth-order valence-corrected chi connectivity index (χ4v) is 5.32. The van der Waals surface area contributed by atoms with Crippen molar-refractivity contribution in [3.05, 3.63) is 64.9 Å². The fourth-order valence-electron chi connectivity index (χ4n) is 4.53.